The van der Waals surface area contributed by atoms with Crippen molar-refractivity contribution in [1.82, 2.24) is 5.32 Å². The van der Waals surface area contributed by atoms with Gasteiger partial charge in [0.1, 0.15) is 0 Å². The van der Waals surface area contributed by atoms with Crippen LogP contribution in [-0.2, 0) is 0 Å². The highest BCUT2D eigenvalue weighted by atomic mass is 19.2. The third-order valence-corrected chi connectivity index (χ3v) is 3.55. The first-order chi connectivity index (χ1) is 11.3. The summed E-state index contributed by atoms with van der Waals surface area (Å²) < 4.78 is 26.2. The third-order valence-electron chi connectivity index (χ3n) is 3.55. The maximum absolute atomic E-state index is 13.2. The first-order valence-corrected chi connectivity index (χ1v) is 7.21. The highest BCUT2D eigenvalue weighted by Crippen LogP contribution is 2.17. The molecule has 0 bridgehead atoms. The number of urea groups is 1. The SMILES string of the molecule is Cc1ccc(NC(=O)NC(C)c2ccc(F)c(F)c2)cc1C(N)=O. The lowest BCUT2D eigenvalue weighted by molar-refractivity contribution is 0.0999. The number of primary amides is 1. The van der Waals surface area contributed by atoms with Crippen molar-refractivity contribution in [2.24, 2.45) is 5.73 Å². The number of aryl methyl sites for hydroxylation is 1. The van der Waals surface area contributed by atoms with Gasteiger partial charge in [-0.1, -0.05) is 12.1 Å². The lowest BCUT2D eigenvalue weighted by Crippen LogP contribution is -2.31. The zero-order chi connectivity index (χ0) is 17.9. The molecule has 24 heavy (non-hydrogen) atoms. The minimum absolute atomic E-state index is 0.307. The number of benzene rings is 2. The Morgan fingerprint density at radius 2 is 1.79 bits per heavy atom. The molecule has 3 amide bonds. The quantitative estimate of drug-likeness (QED) is 0.802. The van der Waals surface area contributed by atoms with E-state index >= 15 is 0 Å². The Hall–Kier alpha value is -2.96. The smallest absolute Gasteiger partial charge is 0.319 e. The van der Waals surface area contributed by atoms with E-state index in [0.717, 1.165) is 12.1 Å². The number of carbonyl (C=O) groups is 2. The topological polar surface area (TPSA) is 84.2 Å². The third kappa shape index (κ3) is 4.07. The molecule has 5 nitrogen and oxygen atoms in total. The number of halogens is 2. The molecule has 126 valence electrons. The van der Waals surface area contributed by atoms with E-state index in [4.69, 9.17) is 5.73 Å². The average molecular weight is 333 g/mol. The average Bonchev–Trinajstić information content (AvgIpc) is 2.51. The van der Waals surface area contributed by atoms with E-state index in [0.29, 0.717) is 22.4 Å². The van der Waals surface area contributed by atoms with Crippen LogP contribution in [0, 0.1) is 18.6 Å². The van der Waals surface area contributed by atoms with Gasteiger partial charge in [-0.15, -0.1) is 0 Å². The fraction of sp³-hybridized carbons (Fsp3) is 0.176. The van der Waals surface area contributed by atoms with Crippen molar-refractivity contribution in [3.63, 3.8) is 0 Å². The minimum Gasteiger partial charge on any atom is -0.366 e. The van der Waals surface area contributed by atoms with Crippen molar-refractivity contribution in [2.45, 2.75) is 19.9 Å². The van der Waals surface area contributed by atoms with Crippen LogP contribution in [0.1, 0.15) is 34.5 Å². The molecule has 0 heterocycles. The molecule has 0 spiro atoms. The number of hydrogen-bond acceptors (Lipinski definition) is 2. The number of hydrogen-bond donors (Lipinski definition) is 3. The molecule has 1 unspecified atom stereocenters. The van der Waals surface area contributed by atoms with E-state index in [1.165, 1.54) is 12.1 Å². The van der Waals surface area contributed by atoms with Gasteiger partial charge in [0.25, 0.3) is 0 Å². The molecule has 0 radical (unpaired) electrons. The van der Waals surface area contributed by atoms with E-state index in [1.54, 1.807) is 26.0 Å². The van der Waals surface area contributed by atoms with Crippen molar-refractivity contribution in [3.05, 3.63) is 64.7 Å². The summed E-state index contributed by atoms with van der Waals surface area (Å²) in [5.41, 5.74) is 7.08. The summed E-state index contributed by atoms with van der Waals surface area (Å²) in [6.45, 7) is 3.37. The summed E-state index contributed by atoms with van der Waals surface area (Å²) in [7, 11) is 0. The molecule has 0 saturated heterocycles. The maximum atomic E-state index is 13.2. The van der Waals surface area contributed by atoms with Crippen LogP contribution < -0.4 is 16.4 Å². The summed E-state index contributed by atoms with van der Waals surface area (Å²) in [6.07, 6.45) is 0. The van der Waals surface area contributed by atoms with Crippen LogP contribution in [0.3, 0.4) is 0 Å². The van der Waals surface area contributed by atoms with Crippen LogP contribution >= 0.6 is 0 Å². The van der Waals surface area contributed by atoms with E-state index in [1.807, 2.05) is 0 Å². The van der Waals surface area contributed by atoms with E-state index in [9.17, 15) is 18.4 Å². The molecular weight excluding hydrogens is 316 g/mol. The Bertz CT molecular complexity index is 793. The molecule has 0 saturated carbocycles. The monoisotopic (exact) mass is 333 g/mol. The second-order valence-corrected chi connectivity index (χ2v) is 5.39. The second kappa shape index (κ2) is 7.08. The predicted octanol–water partition coefficient (Wildman–Crippen LogP) is 3.25. The molecule has 0 aliphatic rings. The van der Waals surface area contributed by atoms with Gasteiger partial charge >= 0.3 is 6.03 Å². The van der Waals surface area contributed by atoms with Gasteiger partial charge in [0.2, 0.25) is 5.91 Å². The largest absolute Gasteiger partial charge is 0.366 e. The van der Waals surface area contributed by atoms with Crippen molar-refractivity contribution < 1.29 is 18.4 Å². The molecule has 7 heteroatoms. The van der Waals surface area contributed by atoms with Crippen molar-refractivity contribution >= 4 is 17.6 Å². The number of amides is 3. The van der Waals surface area contributed by atoms with Crippen molar-refractivity contribution in [1.29, 1.82) is 0 Å². The Labute approximate surface area is 137 Å². The minimum atomic E-state index is -0.980. The molecule has 2 rings (SSSR count). The Balaban J connectivity index is 2.06. The van der Waals surface area contributed by atoms with Gasteiger partial charge in [-0.25, -0.2) is 13.6 Å². The van der Waals surface area contributed by atoms with Gasteiger partial charge in [0, 0.05) is 11.3 Å². The normalized spacial score (nSPS) is 11.7. The molecule has 0 aromatic heterocycles. The molecule has 1 atom stereocenters. The van der Waals surface area contributed by atoms with Gasteiger partial charge < -0.3 is 16.4 Å². The van der Waals surface area contributed by atoms with Crippen molar-refractivity contribution in [3.8, 4) is 0 Å². The summed E-state index contributed by atoms with van der Waals surface area (Å²) in [5.74, 6) is -2.52. The maximum Gasteiger partial charge on any atom is 0.319 e. The van der Waals surface area contributed by atoms with E-state index in [-0.39, 0.29) is 0 Å². The molecular formula is C17H17F2N3O2. The predicted molar refractivity (Wildman–Crippen MR) is 86.6 cm³/mol. The fourth-order valence-electron chi connectivity index (χ4n) is 2.19. The van der Waals surface area contributed by atoms with Gasteiger partial charge in [0.15, 0.2) is 11.6 Å². The number of rotatable bonds is 4. The highest BCUT2D eigenvalue weighted by molar-refractivity contribution is 5.97. The van der Waals surface area contributed by atoms with Gasteiger partial charge in [-0.05, 0) is 49.2 Å². The number of nitrogens with two attached hydrogens (primary N) is 1. The molecule has 0 aliphatic carbocycles. The summed E-state index contributed by atoms with van der Waals surface area (Å²) in [4.78, 5) is 23.3. The van der Waals surface area contributed by atoms with Crippen LogP contribution in [0.5, 0.6) is 0 Å². The second-order valence-electron chi connectivity index (χ2n) is 5.39. The zero-order valence-corrected chi connectivity index (χ0v) is 13.2. The summed E-state index contributed by atoms with van der Waals surface area (Å²) in [6, 6.07) is 7.09. The summed E-state index contributed by atoms with van der Waals surface area (Å²) >= 11 is 0. The van der Waals surface area contributed by atoms with Crippen LogP contribution in [0.15, 0.2) is 36.4 Å². The van der Waals surface area contributed by atoms with E-state index < -0.39 is 29.6 Å². The number of anilines is 1. The van der Waals surface area contributed by atoms with Crippen LogP contribution in [0.2, 0.25) is 0 Å². The lowest BCUT2D eigenvalue weighted by atomic mass is 10.1. The summed E-state index contributed by atoms with van der Waals surface area (Å²) in [5, 5.41) is 5.16. The fourth-order valence-corrected chi connectivity index (χ4v) is 2.19. The molecule has 0 fully saturated rings. The molecule has 4 N–H and O–H groups in total. The van der Waals surface area contributed by atoms with Gasteiger partial charge in [-0.3, -0.25) is 4.79 Å². The Kier molecular flexibility index (Phi) is 5.13. The van der Waals surface area contributed by atoms with Gasteiger partial charge in [0.05, 0.1) is 6.04 Å². The molecule has 0 aliphatic heterocycles. The number of carbonyl (C=O) groups excluding carboxylic acids is 2. The molecule has 2 aromatic rings. The standard InChI is InChI=1S/C17H17F2N3O2/c1-9-3-5-12(8-13(9)16(20)23)22-17(24)21-10(2)11-4-6-14(18)15(19)7-11/h3-8,10H,1-2H3,(H2,20,23)(H2,21,22,24). The zero-order valence-electron chi connectivity index (χ0n) is 13.2. The highest BCUT2D eigenvalue weighted by Gasteiger charge is 2.13. The Morgan fingerprint density at radius 3 is 2.42 bits per heavy atom. The van der Waals surface area contributed by atoms with Gasteiger partial charge in [-0.2, -0.15) is 0 Å². The van der Waals surface area contributed by atoms with Crippen LogP contribution in [-0.4, -0.2) is 11.9 Å². The van der Waals surface area contributed by atoms with Crippen LogP contribution in [0.25, 0.3) is 0 Å². The lowest BCUT2D eigenvalue weighted by Gasteiger charge is -2.16. The van der Waals surface area contributed by atoms with Crippen molar-refractivity contribution in [2.75, 3.05) is 5.32 Å². The van der Waals surface area contributed by atoms with Crippen LogP contribution in [0.4, 0.5) is 19.3 Å². The van der Waals surface area contributed by atoms with E-state index in [2.05, 4.69) is 10.6 Å². The first kappa shape index (κ1) is 17.4. The molecule has 2 aromatic carbocycles. The Morgan fingerprint density at radius 1 is 1.08 bits per heavy atom. The number of nitrogens with one attached hydrogen (secondary N) is 2. The first-order valence-electron chi connectivity index (χ1n) is 7.21.